The van der Waals surface area contributed by atoms with Gasteiger partial charge >= 0.3 is 6.03 Å². The SMILES string of the molecule is CC(NC(=O)Nc1ccc(Cl)c(Cl)c1)Oc1ccc(Cl)cc1. The van der Waals surface area contributed by atoms with Gasteiger partial charge < -0.3 is 15.4 Å². The zero-order chi connectivity index (χ0) is 16.1. The number of carbonyl (C=O) groups excluding carboxylic acids is 1. The molecule has 4 nitrogen and oxygen atoms in total. The molecular weight excluding hydrogens is 347 g/mol. The summed E-state index contributed by atoms with van der Waals surface area (Å²) in [7, 11) is 0. The molecule has 1 unspecified atom stereocenters. The first-order valence-electron chi connectivity index (χ1n) is 6.39. The third-order valence-electron chi connectivity index (χ3n) is 2.64. The van der Waals surface area contributed by atoms with Crippen molar-refractivity contribution in [2.45, 2.75) is 13.2 Å². The molecule has 0 aliphatic rings. The zero-order valence-corrected chi connectivity index (χ0v) is 13.8. The third-order valence-corrected chi connectivity index (χ3v) is 3.63. The molecule has 0 aromatic heterocycles. The summed E-state index contributed by atoms with van der Waals surface area (Å²) in [6, 6.07) is 11.3. The van der Waals surface area contributed by atoms with Crippen molar-refractivity contribution >= 4 is 46.5 Å². The fourth-order valence-corrected chi connectivity index (χ4v) is 2.10. The molecule has 2 aromatic carbocycles. The molecule has 0 heterocycles. The molecule has 0 saturated heterocycles. The minimum atomic E-state index is -0.524. The van der Waals surface area contributed by atoms with Gasteiger partial charge in [0.2, 0.25) is 0 Å². The van der Waals surface area contributed by atoms with Crippen molar-refractivity contribution in [3.63, 3.8) is 0 Å². The number of carbonyl (C=O) groups is 1. The maximum atomic E-state index is 11.9. The highest BCUT2D eigenvalue weighted by atomic mass is 35.5. The molecule has 2 N–H and O–H groups in total. The number of anilines is 1. The molecule has 0 spiro atoms. The molecule has 1 atom stereocenters. The van der Waals surface area contributed by atoms with Crippen molar-refractivity contribution < 1.29 is 9.53 Å². The van der Waals surface area contributed by atoms with Crippen LogP contribution in [0.4, 0.5) is 10.5 Å². The highest BCUT2D eigenvalue weighted by molar-refractivity contribution is 6.42. The van der Waals surface area contributed by atoms with Gasteiger partial charge in [-0.3, -0.25) is 0 Å². The Morgan fingerprint density at radius 3 is 2.36 bits per heavy atom. The van der Waals surface area contributed by atoms with Crippen LogP contribution in [0.2, 0.25) is 15.1 Å². The van der Waals surface area contributed by atoms with Gasteiger partial charge in [0.15, 0.2) is 6.23 Å². The molecule has 0 aliphatic carbocycles. The second kappa shape index (κ2) is 7.58. The largest absolute Gasteiger partial charge is 0.471 e. The zero-order valence-electron chi connectivity index (χ0n) is 11.6. The summed E-state index contributed by atoms with van der Waals surface area (Å²) >= 11 is 17.5. The number of benzene rings is 2. The predicted molar refractivity (Wildman–Crippen MR) is 90.2 cm³/mol. The quantitative estimate of drug-likeness (QED) is 0.738. The maximum absolute atomic E-state index is 11.9. The van der Waals surface area contributed by atoms with Gasteiger partial charge in [0.25, 0.3) is 0 Å². The molecule has 0 bridgehead atoms. The summed E-state index contributed by atoms with van der Waals surface area (Å²) in [5.74, 6) is 0.603. The van der Waals surface area contributed by atoms with Gasteiger partial charge in [-0.15, -0.1) is 0 Å². The molecule has 2 amide bonds. The van der Waals surface area contributed by atoms with E-state index >= 15 is 0 Å². The van der Waals surface area contributed by atoms with Crippen LogP contribution in [0.15, 0.2) is 42.5 Å². The average Bonchev–Trinajstić information content (AvgIpc) is 2.45. The van der Waals surface area contributed by atoms with Gasteiger partial charge in [0.05, 0.1) is 10.0 Å². The van der Waals surface area contributed by atoms with Gasteiger partial charge in [-0.1, -0.05) is 34.8 Å². The highest BCUT2D eigenvalue weighted by Crippen LogP contribution is 2.25. The lowest BCUT2D eigenvalue weighted by molar-refractivity contribution is 0.183. The van der Waals surface area contributed by atoms with Crippen LogP contribution in [0, 0.1) is 0 Å². The van der Waals surface area contributed by atoms with Crippen LogP contribution in [-0.4, -0.2) is 12.3 Å². The Bertz CT molecular complexity index is 662. The topological polar surface area (TPSA) is 50.4 Å². The third kappa shape index (κ3) is 4.98. The van der Waals surface area contributed by atoms with Crippen molar-refractivity contribution in [2.75, 3.05) is 5.32 Å². The van der Waals surface area contributed by atoms with Crippen molar-refractivity contribution in [3.8, 4) is 5.75 Å². The lowest BCUT2D eigenvalue weighted by Gasteiger charge is -2.17. The Morgan fingerprint density at radius 2 is 1.73 bits per heavy atom. The van der Waals surface area contributed by atoms with E-state index in [9.17, 15) is 4.79 Å². The van der Waals surface area contributed by atoms with Crippen molar-refractivity contribution in [1.82, 2.24) is 5.32 Å². The molecule has 116 valence electrons. The molecule has 2 aromatic rings. The van der Waals surface area contributed by atoms with Gasteiger partial charge in [0, 0.05) is 10.7 Å². The summed E-state index contributed by atoms with van der Waals surface area (Å²) in [6.07, 6.45) is -0.524. The number of halogens is 3. The van der Waals surface area contributed by atoms with Crippen LogP contribution in [0.5, 0.6) is 5.75 Å². The number of nitrogens with one attached hydrogen (secondary N) is 2. The second-order valence-corrected chi connectivity index (χ2v) is 5.69. The van der Waals surface area contributed by atoms with Crippen molar-refractivity contribution in [3.05, 3.63) is 57.5 Å². The summed E-state index contributed by atoms with van der Waals surface area (Å²) in [5, 5.41) is 6.69. The number of hydrogen-bond acceptors (Lipinski definition) is 2. The lowest BCUT2D eigenvalue weighted by Crippen LogP contribution is -2.39. The van der Waals surface area contributed by atoms with E-state index < -0.39 is 12.3 Å². The van der Waals surface area contributed by atoms with E-state index in [1.807, 2.05) is 0 Å². The van der Waals surface area contributed by atoms with E-state index in [2.05, 4.69) is 10.6 Å². The van der Waals surface area contributed by atoms with E-state index in [1.54, 1.807) is 49.4 Å². The fourth-order valence-electron chi connectivity index (χ4n) is 1.67. The van der Waals surface area contributed by atoms with Crippen LogP contribution < -0.4 is 15.4 Å². The van der Waals surface area contributed by atoms with E-state index in [1.165, 1.54) is 0 Å². The average molecular weight is 360 g/mol. The van der Waals surface area contributed by atoms with E-state index in [0.29, 0.717) is 26.5 Å². The molecule has 0 radical (unpaired) electrons. The van der Waals surface area contributed by atoms with Crippen molar-refractivity contribution in [2.24, 2.45) is 0 Å². The van der Waals surface area contributed by atoms with Gasteiger partial charge in [0.1, 0.15) is 5.75 Å². The van der Waals surface area contributed by atoms with Crippen LogP contribution in [0.1, 0.15) is 6.92 Å². The Morgan fingerprint density at radius 1 is 1.05 bits per heavy atom. The van der Waals surface area contributed by atoms with Crippen LogP contribution in [0.3, 0.4) is 0 Å². The number of rotatable bonds is 4. The molecule has 0 fully saturated rings. The summed E-state index contributed by atoms with van der Waals surface area (Å²) < 4.78 is 5.54. The minimum Gasteiger partial charge on any atom is -0.471 e. The second-order valence-electron chi connectivity index (χ2n) is 4.44. The van der Waals surface area contributed by atoms with Gasteiger partial charge in [-0.05, 0) is 49.4 Å². The number of urea groups is 1. The molecule has 2 rings (SSSR count). The summed E-state index contributed by atoms with van der Waals surface area (Å²) in [4.78, 5) is 11.9. The summed E-state index contributed by atoms with van der Waals surface area (Å²) in [6.45, 7) is 1.71. The number of hydrogen-bond donors (Lipinski definition) is 2. The maximum Gasteiger partial charge on any atom is 0.322 e. The molecule has 0 saturated carbocycles. The summed E-state index contributed by atoms with van der Waals surface area (Å²) in [5.41, 5.74) is 0.533. The van der Waals surface area contributed by atoms with E-state index in [4.69, 9.17) is 39.5 Å². The Labute approximate surface area is 143 Å². The van der Waals surface area contributed by atoms with Crippen LogP contribution >= 0.6 is 34.8 Å². The minimum absolute atomic E-state index is 0.366. The van der Waals surface area contributed by atoms with Crippen LogP contribution in [0.25, 0.3) is 0 Å². The Balaban J connectivity index is 1.88. The highest BCUT2D eigenvalue weighted by Gasteiger charge is 2.09. The molecule has 22 heavy (non-hydrogen) atoms. The first-order chi connectivity index (χ1) is 10.4. The first-order valence-corrected chi connectivity index (χ1v) is 7.52. The van der Waals surface area contributed by atoms with Gasteiger partial charge in [-0.25, -0.2) is 4.79 Å². The number of ether oxygens (including phenoxy) is 1. The normalized spacial score (nSPS) is 11.6. The number of amides is 2. The van der Waals surface area contributed by atoms with Crippen LogP contribution in [-0.2, 0) is 0 Å². The standard InChI is InChI=1S/C15H13Cl3N2O2/c1-9(22-12-5-2-10(16)3-6-12)19-15(21)20-11-4-7-13(17)14(18)8-11/h2-9H,1H3,(H2,19,20,21). The lowest BCUT2D eigenvalue weighted by atomic mass is 10.3. The molecule has 7 heteroatoms. The molecule has 0 aliphatic heterocycles. The molecular formula is C15H13Cl3N2O2. The Hall–Kier alpha value is -1.62. The smallest absolute Gasteiger partial charge is 0.322 e. The predicted octanol–water partition coefficient (Wildman–Crippen LogP) is 5.19. The first kappa shape index (κ1) is 16.7. The van der Waals surface area contributed by atoms with E-state index in [0.717, 1.165) is 0 Å². The van der Waals surface area contributed by atoms with Crippen molar-refractivity contribution in [1.29, 1.82) is 0 Å². The van der Waals surface area contributed by atoms with Gasteiger partial charge in [-0.2, -0.15) is 0 Å². The Kier molecular flexibility index (Phi) is 5.77. The fraction of sp³-hybridized carbons (Fsp3) is 0.133. The van der Waals surface area contributed by atoms with E-state index in [-0.39, 0.29) is 0 Å². The monoisotopic (exact) mass is 358 g/mol.